The van der Waals surface area contributed by atoms with E-state index in [-0.39, 0.29) is 11.8 Å². The molecular weight excluding hydrogens is 230 g/mol. The zero-order chi connectivity index (χ0) is 13.7. The molecule has 0 fully saturated rings. The molecule has 0 aliphatic rings. The zero-order valence-corrected chi connectivity index (χ0v) is 11.0. The standard InChI is InChI=1S/C13H19N3O2/c1-9-4-5-10(14)8-11(9)13(18)16(3)7-6-12(17)15-2/h4-5,8H,6-7,14H2,1-3H3,(H,15,17). The molecule has 0 saturated carbocycles. The lowest BCUT2D eigenvalue weighted by molar-refractivity contribution is -0.120. The Morgan fingerprint density at radius 2 is 2.06 bits per heavy atom. The molecule has 0 atom stereocenters. The molecular formula is C13H19N3O2. The van der Waals surface area contributed by atoms with Gasteiger partial charge in [-0.15, -0.1) is 0 Å². The van der Waals surface area contributed by atoms with Crippen LogP contribution in [0.5, 0.6) is 0 Å². The molecule has 98 valence electrons. The van der Waals surface area contributed by atoms with Gasteiger partial charge in [0.1, 0.15) is 0 Å². The fraction of sp³-hybridized carbons (Fsp3) is 0.385. The number of anilines is 1. The van der Waals surface area contributed by atoms with E-state index in [2.05, 4.69) is 5.32 Å². The van der Waals surface area contributed by atoms with Crippen LogP contribution in [0.1, 0.15) is 22.3 Å². The first kappa shape index (κ1) is 14.0. The minimum atomic E-state index is -0.122. The van der Waals surface area contributed by atoms with Crippen LogP contribution in [0.25, 0.3) is 0 Å². The molecule has 0 spiro atoms. The van der Waals surface area contributed by atoms with Crippen LogP contribution in [-0.4, -0.2) is 37.4 Å². The van der Waals surface area contributed by atoms with Crippen molar-refractivity contribution < 1.29 is 9.59 Å². The number of benzene rings is 1. The Kier molecular flexibility index (Phi) is 4.71. The molecule has 1 aromatic carbocycles. The number of carbonyl (C=O) groups excluding carboxylic acids is 2. The van der Waals surface area contributed by atoms with Gasteiger partial charge in [0.15, 0.2) is 0 Å². The normalized spacial score (nSPS) is 9.94. The van der Waals surface area contributed by atoms with Gasteiger partial charge in [0, 0.05) is 38.3 Å². The van der Waals surface area contributed by atoms with E-state index in [1.807, 2.05) is 13.0 Å². The van der Waals surface area contributed by atoms with Crippen molar-refractivity contribution in [3.63, 3.8) is 0 Å². The van der Waals surface area contributed by atoms with Gasteiger partial charge in [0.25, 0.3) is 5.91 Å². The van der Waals surface area contributed by atoms with E-state index in [0.29, 0.717) is 24.2 Å². The lowest BCUT2D eigenvalue weighted by atomic mass is 10.1. The van der Waals surface area contributed by atoms with Gasteiger partial charge in [-0.2, -0.15) is 0 Å². The number of nitrogens with one attached hydrogen (secondary N) is 1. The van der Waals surface area contributed by atoms with E-state index in [9.17, 15) is 9.59 Å². The Bertz CT molecular complexity index is 458. The third-order valence-corrected chi connectivity index (χ3v) is 2.79. The minimum Gasteiger partial charge on any atom is -0.399 e. The van der Waals surface area contributed by atoms with Crippen LogP contribution in [-0.2, 0) is 4.79 Å². The summed E-state index contributed by atoms with van der Waals surface area (Å²) in [7, 11) is 3.25. The van der Waals surface area contributed by atoms with Crippen molar-refractivity contribution in [1.82, 2.24) is 10.2 Å². The second-order valence-corrected chi connectivity index (χ2v) is 4.22. The molecule has 0 aromatic heterocycles. The fourth-order valence-electron chi connectivity index (χ4n) is 1.57. The van der Waals surface area contributed by atoms with Crippen molar-refractivity contribution in [1.29, 1.82) is 0 Å². The van der Waals surface area contributed by atoms with E-state index in [0.717, 1.165) is 5.56 Å². The summed E-state index contributed by atoms with van der Waals surface area (Å²) in [4.78, 5) is 24.8. The van der Waals surface area contributed by atoms with Crippen molar-refractivity contribution in [3.05, 3.63) is 29.3 Å². The maximum absolute atomic E-state index is 12.2. The maximum atomic E-state index is 12.2. The molecule has 3 N–H and O–H groups in total. The molecule has 1 rings (SSSR count). The second-order valence-electron chi connectivity index (χ2n) is 4.22. The Labute approximate surface area is 107 Å². The Hall–Kier alpha value is -2.04. The van der Waals surface area contributed by atoms with E-state index in [4.69, 9.17) is 5.73 Å². The second kappa shape index (κ2) is 6.05. The van der Waals surface area contributed by atoms with E-state index in [1.54, 1.807) is 26.2 Å². The van der Waals surface area contributed by atoms with Crippen LogP contribution in [0.2, 0.25) is 0 Å². The molecule has 5 nitrogen and oxygen atoms in total. The van der Waals surface area contributed by atoms with Crippen molar-refractivity contribution in [2.75, 3.05) is 26.4 Å². The lowest BCUT2D eigenvalue weighted by Gasteiger charge is -2.18. The summed E-state index contributed by atoms with van der Waals surface area (Å²) >= 11 is 0. The summed E-state index contributed by atoms with van der Waals surface area (Å²) in [5.74, 6) is -0.206. The lowest BCUT2D eigenvalue weighted by Crippen LogP contribution is -2.31. The number of nitrogens with two attached hydrogens (primary N) is 1. The average Bonchev–Trinajstić information content (AvgIpc) is 2.37. The first-order valence-corrected chi connectivity index (χ1v) is 5.78. The largest absolute Gasteiger partial charge is 0.399 e. The molecule has 0 aliphatic heterocycles. The number of nitrogen functional groups attached to an aromatic ring is 1. The van der Waals surface area contributed by atoms with Gasteiger partial charge >= 0.3 is 0 Å². The van der Waals surface area contributed by atoms with Crippen molar-refractivity contribution in [2.24, 2.45) is 0 Å². The molecule has 0 heterocycles. The highest BCUT2D eigenvalue weighted by molar-refractivity contribution is 5.96. The number of aryl methyl sites for hydroxylation is 1. The van der Waals surface area contributed by atoms with Crippen LogP contribution in [0.15, 0.2) is 18.2 Å². The predicted octanol–water partition coefficient (Wildman–Crippen LogP) is 0.785. The number of hydrogen-bond donors (Lipinski definition) is 2. The van der Waals surface area contributed by atoms with Crippen LogP contribution in [0.4, 0.5) is 5.69 Å². The number of hydrogen-bond acceptors (Lipinski definition) is 3. The van der Waals surface area contributed by atoms with E-state index >= 15 is 0 Å². The molecule has 0 aliphatic carbocycles. The van der Waals surface area contributed by atoms with Crippen LogP contribution < -0.4 is 11.1 Å². The van der Waals surface area contributed by atoms with Crippen molar-refractivity contribution in [3.8, 4) is 0 Å². The highest BCUT2D eigenvalue weighted by atomic mass is 16.2. The Balaban J connectivity index is 2.74. The number of rotatable bonds is 4. The van der Waals surface area contributed by atoms with Gasteiger partial charge in [-0.1, -0.05) is 6.07 Å². The number of amides is 2. The van der Waals surface area contributed by atoms with Gasteiger partial charge in [0.2, 0.25) is 5.91 Å². The summed E-state index contributed by atoms with van der Waals surface area (Å²) in [6, 6.07) is 5.24. The highest BCUT2D eigenvalue weighted by Crippen LogP contribution is 2.14. The smallest absolute Gasteiger partial charge is 0.253 e. The predicted molar refractivity (Wildman–Crippen MR) is 71.2 cm³/mol. The molecule has 18 heavy (non-hydrogen) atoms. The summed E-state index contributed by atoms with van der Waals surface area (Å²) in [6.07, 6.45) is 0.292. The maximum Gasteiger partial charge on any atom is 0.253 e. The zero-order valence-electron chi connectivity index (χ0n) is 11.0. The summed E-state index contributed by atoms with van der Waals surface area (Å²) in [6.45, 7) is 2.24. The summed E-state index contributed by atoms with van der Waals surface area (Å²) in [5.41, 5.74) is 7.69. The van der Waals surface area contributed by atoms with Crippen LogP contribution >= 0.6 is 0 Å². The SMILES string of the molecule is CNC(=O)CCN(C)C(=O)c1cc(N)ccc1C. The first-order chi connectivity index (χ1) is 8.45. The van der Waals surface area contributed by atoms with Crippen molar-refractivity contribution >= 4 is 17.5 Å². The summed E-state index contributed by atoms with van der Waals surface area (Å²) in [5, 5.41) is 2.52. The minimum absolute atomic E-state index is 0.0843. The Morgan fingerprint density at radius 1 is 1.39 bits per heavy atom. The molecule has 0 bridgehead atoms. The average molecular weight is 249 g/mol. The van der Waals surface area contributed by atoms with Gasteiger partial charge in [0.05, 0.1) is 0 Å². The van der Waals surface area contributed by atoms with Crippen LogP contribution in [0.3, 0.4) is 0 Å². The number of nitrogens with zero attached hydrogens (tertiary/aromatic N) is 1. The molecule has 5 heteroatoms. The molecule has 0 unspecified atom stereocenters. The van der Waals surface area contributed by atoms with E-state index < -0.39 is 0 Å². The fourth-order valence-corrected chi connectivity index (χ4v) is 1.57. The van der Waals surface area contributed by atoms with E-state index in [1.165, 1.54) is 4.90 Å². The van der Waals surface area contributed by atoms with Gasteiger partial charge < -0.3 is 16.0 Å². The molecule has 0 radical (unpaired) electrons. The highest BCUT2D eigenvalue weighted by Gasteiger charge is 2.15. The van der Waals surface area contributed by atoms with Gasteiger partial charge in [-0.25, -0.2) is 0 Å². The van der Waals surface area contributed by atoms with Crippen molar-refractivity contribution in [2.45, 2.75) is 13.3 Å². The quantitative estimate of drug-likeness (QED) is 0.774. The molecule has 1 aromatic rings. The monoisotopic (exact) mass is 249 g/mol. The molecule has 2 amide bonds. The third kappa shape index (κ3) is 3.48. The summed E-state index contributed by atoms with van der Waals surface area (Å²) < 4.78 is 0. The topological polar surface area (TPSA) is 75.4 Å². The third-order valence-electron chi connectivity index (χ3n) is 2.79. The first-order valence-electron chi connectivity index (χ1n) is 5.78. The Morgan fingerprint density at radius 3 is 2.67 bits per heavy atom. The van der Waals surface area contributed by atoms with Gasteiger partial charge in [-0.05, 0) is 24.6 Å². The van der Waals surface area contributed by atoms with Crippen LogP contribution in [0, 0.1) is 6.92 Å². The number of carbonyl (C=O) groups is 2. The van der Waals surface area contributed by atoms with Gasteiger partial charge in [-0.3, -0.25) is 9.59 Å². The molecule has 0 saturated heterocycles.